The molecule has 0 bridgehead atoms. The SMILES string of the molecule is CCc1ccc(N2C(=O)NC(=O)C(=Cc3cn(Cc4ccc(Cl)c(Cl)c4)c4ccccc34)C2=O)cc1. The zero-order valence-electron chi connectivity index (χ0n) is 19.3. The number of imide groups is 2. The maximum Gasteiger partial charge on any atom is 0.335 e. The van der Waals surface area contributed by atoms with Gasteiger partial charge in [-0.3, -0.25) is 14.9 Å². The number of urea groups is 1. The number of benzene rings is 3. The van der Waals surface area contributed by atoms with Crippen LogP contribution in [-0.2, 0) is 22.6 Å². The number of nitrogens with zero attached hydrogens (tertiary/aromatic N) is 2. The van der Waals surface area contributed by atoms with Gasteiger partial charge in [-0.25, -0.2) is 9.69 Å². The van der Waals surface area contributed by atoms with E-state index in [1.807, 2.05) is 66.2 Å². The molecule has 4 aromatic rings. The molecule has 1 N–H and O–H groups in total. The number of hydrogen-bond acceptors (Lipinski definition) is 3. The highest BCUT2D eigenvalue weighted by Gasteiger charge is 2.37. The monoisotopic (exact) mass is 517 g/mol. The second kappa shape index (κ2) is 9.64. The molecule has 1 saturated heterocycles. The molecule has 0 aliphatic carbocycles. The number of nitrogens with one attached hydrogen (secondary N) is 1. The van der Waals surface area contributed by atoms with Gasteiger partial charge in [0.25, 0.3) is 11.8 Å². The van der Waals surface area contributed by atoms with Gasteiger partial charge in [0, 0.05) is 29.2 Å². The van der Waals surface area contributed by atoms with Gasteiger partial charge in [0.1, 0.15) is 5.57 Å². The number of barbiturate groups is 1. The van der Waals surface area contributed by atoms with Crippen LogP contribution in [0.3, 0.4) is 0 Å². The summed E-state index contributed by atoms with van der Waals surface area (Å²) in [5.74, 6) is -1.40. The molecule has 3 aromatic carbocycles. The number of aromatic nitrogens is 1. The van der Waals surface area contributed by atoms with Crippen molar-refractivity contribution in [3.05, 3.63) is 105 Å². The van der Waals surface area contributed by atoms with Gasteiger partial charge < -0.3 is 4.57 Å². The van der Waals surface area contributed by atoms with Crippen LogP contribution in [0.15, 0.2) is 78.5 Å². The fourth-order valence-corrected chi connectivity index (χ4v) is 4.60. The van der Waals surface area contributed by atoms with E-state index in [9.17, 15) is 14.4 Å². The number of hydrogen-bond donors (Lipinski definition) is 1. The molecule has 4 amide bonds. The summed E-state index contributed by atoms with van der Waals surface area (Å²) in [6, 6.07) is 19.5. The molecular weight excluding hydrogens is 497 g/mol. The summed E-state index contributed by atoms with van der Waals surface area (Å²) in [4.78, 5) is 39.6. The summed E-state index contributed by atoms with van der Waals surface area (Å²) < 4.78 is 2.01. The fraction of sp³-hybridized carbons (Fsp3) is 0.107. The number of anilines is 1. The lowest BCUT2D eigenvalue weighted by molar-refractivity contribution is -0.122. The smallest absolute Gasteiger partial charge is 0.335 e. The van der Waals surface area contributed by atoms with Gasteiger partial charge in [0.2, 0.25) is 0 Å². The summed E-state index contributed by atoms with van der Waals surface area (Å²) in [7, 11) is 0. The van der Waals surface area contributed by atoms with Gasteiger partial charge in [-0.1, -0.05) is 66.5 Å². The summed E-state index contributed by atoms with van der Waals surface area (Å²) in [5.41, 5.74) is 3.90. The lowest BCUT2D eigenvalue weighted by Crippen LogP contribution is -2.54. The van der Waals surface area contributed by atoms with Gasteiger partial charge >= 0.3 is 6.03 Å². The third kappa shape index (κ3) is 4.41. The summed E-state index contributed by atoms with van der Waals surface area (Å²) in [6.45, 7) is 2.53. The Morgan fingerprint density at radius 1 is 0.889 bits per heavy atom. The second-order valence-electron chi connectivity index (χ2n) is 8.46. The predicted octanol–water partition coefficient (Wildman–Crippen LogP) is 6.23. The number of fused-ring (bicyclic) bond motifs is 1. The van der Waals surface area contributed by atoms with Crippen LogP contribution in [0.4, 0.5) is 10.5 Å². The van der Waals surface area contributed by atoms with E-state index in [0.717, 1.165) is 33.4 Å². The van der Waals surface area contributed by atoms with Crippen LogP contribution in [0.25, 0.3) is 17.0 Å². The molecule has 5 rings (SSSR count). The Labute approximate surface area is 217 Å². The van der Waals surface area contributed by atoms with E-state index in [4.69, 9.17) is 23.2 Å². The highest BCUT2D eigenvalue weighted by atomic mass is 35.5. The first kappa shape index (κ1) is 23.9. The largest absolute Gasteiger partial charge is 0.342 e. The topological polar surface area (TPSA) is 71.4 Å². The number of carbonyl (C=O) groups excluding carboxylic acids is 3. The number of rotatable bonds is 5. The lowest BCUT2D eigenvalue weighted by Gasteiger charge is -2.26. The molecule has 0 atom stereocenters. The van der Waals surface area contributed by atoms with E-state index in [-0.39, 0.29) is 5.57 Å². The molecular formula is C28H21Cl2N3O3. The molecule has 6 nitrogen and oxygen atoms in total. The van der Waals surface area contributed by atoms with E-state index in [0.29, 0.717) is 27.8 Å². The van der Waals surface area contributed by atoms with Crippen molar-refractivity contribution in [2.75, 3.05) is 4.90 Å². The number of halogens is 2. The summed E-state index contributed by atoms with van der Waals surface area (Å²) in [5, 5.41) is 4.10. The Morgan fingerprint density at radius 2 is 1.61 bits per heavy atom. The van der Waals surface area contributed by atoms with Crippen LogP contribution in [0.2, 0.25) is 10.0 Å². The van der Waals surface area contributed by atoms with Crippen LogP contribution < -0.4 is 10.2 Å². The van der Waals surface area contributed by atoms with Crippen molar-refractivity contribution in [3.8, 4) is 0 Å². The first-order valence-corrected chi connectivity index (χ1v) is 12.1. The first-order valence-electron chi connectivity index (χ1n) is 11.4. The fourth-order valence-electron chi connectivity index (χ4n) is 4.28. The highest BCUT2D eigenvalue weighted by molar-refractivity contribution is 6.42. The second-order valence-corrected chi connectivity index (χ2v) is 9.27. The minimum absolute atomic E-state index is 0.119. The lowest BCUT2D eigenvalue weighted by atomic mass is 10.1. The number of carbonyl (C=O) groups is 3. The van der Waals surface area contributed by atoms with Crippen molar-refractivity contribution in [2.24, 2.45) is 0 Å². The van der Waals surface area contributed by atoms with Gasteiger partial charge in [0.05, 0.1) is 15.7 Å². The number of amides is 4. The molecule has 1 fully saturated rings. The third-order valence-corrected chi connectivity index (χ3v) is 6.90. The van der Waals surface area contributed by atoms with Crippen molar-refractivity contribution in [2.45, 2.75) is 19.9 Å². The van der Waals surface area contributed by atoms with Gasteiger partial charge in [-0.05, 0) is 54.0 Å². The van der Waals surface area contributed by atoms with Crippen molar-refractivity contribution in [3.63, 3.8) is 0 Å². The molecule has 0 saturated carbocycles. The van der Waals surface area contributed by atoms with Gasteiger partial charge in [0.15, 0.2) is 0 Å². The minimum Gasteiger partial charge on any atom is -0.342 e. The molecule has 0 spiro atoms. The number of aryl methyl sites for hydroxylation is 1. The van der Waals surface area contributed by atoms with E-state index in [1.54, 1.807) is 18.2 Å². The molecule has 0 radical (unpaired) electrons. The summed E-state index contributed by atoms with van der Waals surface area (Å²) in [6.07, 6.45) is 4.24. The number of para-hydroxylation sites is 1. The Morgan fingerprint density at radius 3 is 2.33 bits per heavy atom. The third-order valence-electron chi connectivity index (χ3n) is 6.16. The van der Waals surface area contributed by atoms with Crippen LogP contribution in [0.5, 0.6) is 0 Å². The maximum absolute atomic E-state index is 13.4. The van der Waals surface area contributed by atoms with Crippen LogP contribution in [0, 0.1) is 0 Å². The van der Waals surface area contributed by atoms with Crippen molar-refractivity contribution >= 4 is 63.7 Å². The molecule has 0 unspecified atom stereocenters. The van der Waals surface area contributed by atoms with Crippen LogP contribution in [-0.4, -0.2) is 22.4 Å². The van der Waals surface area contributed by atoms with E-state index in [2.05, 4.69) is 5.32 Å². The Kier molecular flexibility index (Phi) is 6.39. The molecule has 2 heterocycles. The molecule has 1 aromatic heterocycles. The molecule has 8 heteroatoms. The average Bonchev–Trinajstić information content (AvgIpc) is 3.21. The highest BCUT2D eigenvalue weighted by Crippen LogP contribution is 2.29. The van der Waals surface area contributed by atoms with E-state index >= 15 is 0 Å². The van der Waals surface area contributed by atoms with Crippen molar-refractivity contribution in [1.29, 1.82) is 0 Å². The van der Waals surface area contributed by atoms with E-state index in [1.165, 1.54) is 6.08 Å². The maximum atomic E-state index is 13.4. The zero-order chi connectivity index (χ0) is 25.4. The quantitative estimate of drug-likeness (QED) is 0.252. The molecule has 36 heavy (non-hydrogen) atoms. The molecule has 1 aliphatic rings. The predicted molar refractivity (Wildman–Crippen MR) is 142 cm³/mol. The minimum atomic E-state index is -0.770. The van der Waals surface area contributed by atoms with Crippen LogP contribution in [0.1, 0.15) is 23.6 Å². The van der Waals surface area contributed by atoms with E-state index < -0.39 is 17.8 Å². The standard InChI is InChI=1S/C28H21Cl2N3O3/c1-2-17-7-10-20(11-8-17)33-27(35)22(26(34)31-28(33)36)14-19-16-32(25-6-4-3-5-21(19)25)15-18-9-12-23(29)24(30)13-18/h3-14,16H,2,15H2,1H3,(H,31,34,36). The molecule has 1 aliphatic heterocycles. The molecule has 180 valence electrons. The normalized spacial score (nSPS) is 15.1. The first-order chi connectivity index (χ1) is 17.4. The Bertz CT molecular complexity index is 1550. The zero-order valence-corrected chi connectivity index (χ0v) is 20.8. The van der Waals surface area contributed by atoms with Crippen molar-refractivity contribution < 1.29 is 14.4 Å². The average molecular weight is 518 g/mol. The Hall–Kier alpha value is -3.87. The summed E-state index contributed by atoms with van der Waals surface area (Å²) >= 11 is 12.2. The Balaban J connectivity index is 1.54. The van der Waals surface area contributed by atoms with Gasteiger partial charge in [-0.15, -0.1) is 0 Å². The van der Waals surface area contributed by atoms with Crippen molar-refractivity contribution in [1.82, 2.24) is 9.88 Å². The van der Waals surface area contributed by atoms with Gasteiger partial charge in [-0.2, -0.15) is 0 Å². The van der Waals surface area contributed by atoms with Crippen LogP contribution >= 0.6 is 23.2 Å².